The zero-order valence-corrected chi connectivity index (χ0v) is 11.3. The van der Waals surface area contributed by atoms with Crippen LogP contribution in [0.1, 0.15) is 33.6 Å². The van der Waals surface area contributed by atoms with Gasteiger partial charge in [-0.05, 0) is 25.3 Å². The highest BCUT2D eigenvalue weighted by Crippen LogP contribution is 2.18. The number of hydrogen-bond donors (Lipinski definition) is 1. The highest BCUT2D eigenvalue weighted by Gasteiger charge is 2.29. The molecular formula is C13H28N2O. The predicted molar refractivity (Wildman–Crippen MR) is 68.8 cm³/mol. The highest BCUT2D eigenvalue weighted by molar-refractivity contribution is 4.86. The molecule has 0 aromatic heterocycles. The second-order valence-corrected chi connectivity index (χ2v) is 5.20. The van der Waals surface area contributed by atoms with E-state index in [1.807, 2.05) is 0 Å². The Morgan fingerprint density at radius 1 is 1.44 bits per heavy atom. The first-order valence-electron chi connectivity index (χ1n) is 6.65. The number of likely N-dealkylation sites (tertiary alicyclic amines) is 1. The average molecular weight is 228 g/mol. The Balaban J connectivity index is 2.37. The van der Waals surface area contributed by atoms with Gasteiger partial charge in [0.1, 0.15) is 0 Å². The lowest BCUT2D eigenvalue weighted by atomic mass is 10.0. The fourth-order valence-corrected chi connectivity index (χ4v) is 2.49. The maximum absolute atomic E-state index is 5.33. The van der Waals surface area contributed by atoms with Crippen molar-refractivity contribution in [3.63, 3.8) is 0 Å². The SMILES string of the molecule is CCCNC1CCN(C(COC)C(C)C)C1. The first kappa shape index (κ1) is 13.9. The molecule has 1 heterocycles. The minimum atomic E-state index is 0.582. The lowest BCUT2D eigenvalue weighted by Gasteiger charge is -2.30. The predicted octanol–water partition coefficient (Wildman–Crippen LogP) is 1.73. The number of nitrogens with zero attached hydrogens (tertiary/aromatic N) is 1. The molecule has 2 atom stereocenters. The molecule has 2 unspecified atom stereocenters. The van der Waals surface area contributed by atoms with Gasteiger partial charge < -0.3 is 10.1 Å². The van der Waals surface area contributed by atoms with Gasteiger partial charge in [0.25, 0.3) is 0 Å². The molecule has 0 radical (unpaired) electrons. The molecular weight excluding hydrogens is 200 g/mol. The van der Waals surface area contributed by atoms with Gasteiger partial charge in [0, 0.05) is 32.3 Å². The van der Waals surface area contributed by atoms with Crippen molar-refractivity contribution in [2.75, 3.05) is 33.4 Å². The first-order chi connectivity index (χ1) is 7.69. The Morgan fingerprint density at radius 2 is 2.19 bits per heavy atom. The number of hydrogen-bond acceptors (Lipinski definition) is 3. The van der Waals surface area contributed by atoms with Crippen LogP contribution in [0.5, 0.6) is 0 Å². The molecule has 0 amide bonds. The van der Waals surface area contributed by atoms with E-state index in [1.165, 1.54) is 25.9 Å². The van der Waals surface area contributed by atoms with Gasteiger partial charge in [-0.15, -0.1) is 0 Å². The van der Waals surface area contributed by atoms with E-state index in [2.05, 4.69) is 31.0 Å². The largest absolute Gasteiger partial charge is 0.383 e. The lowest BCUT2D eigenvalue weighted by Crippen LogP contribution is -2.42. The molecule has 96 valence electrons. The molecule has 1 aliphatic rings. The van der Waals surface area contributed by atoms with Crippen molar-refractivity contribution < 1.29 is 4.74 Å². The third-order valence-electron chi connectivity index (χ3n) is 3.48. The number of rotatable bonds is 7. The Labute approximate surface area is 101 Å². The summed E-state index contributed by atoms with van der Waals surface area (Å²) in [7, 11) is 1.80. The minimum Gasteiger partial charge on any atom is -0.383 e. The van der Waals surface area contributed by atoms with Crippen LogP contribution in [0.3, 0.4) is 0 Å². The summed E-state index contributed by atoms with van der Waals surface area (Å²) in [5.41, 5.74) is 0. The van der Waals surface area contributed by atoms with Gasteiger partial charge in [-0.25, -0.2) is 0 Å². The molecule has 3 nitrogen and oxygen atoms in total. The summed E-state index contributed by atoms with van der Waals surface area (Å²) < 4.78 is 5.33. The lowest BCUT2D eigenvalue weighted by molar-refractivity contribution is 0.0779. The molecule has 0 spiro atoms. The fraction of sp³-hybridized carbons (Fsp3) is 1.00. The molecule has 1 fully saturated rings. The van der Waals surface area contributed by atoms with Crippen LogP contribution in [-0.2, 0) is 4.74 Å². The molecule has 0 aromatic carbocycles. The van der Waals surface area contributed by atoms with E-state index in [9.17, 15) is 0 Å². The maximum atomic E-state index is 5.33. The number of ether oxygens (including phenoxy) is 1. The van der Waals surface area contributed by atoms with Crippen molar-refractivity contribution in [1.29, 1.82) is 0 Å². The van der Waals surface area contributed by atoms with Crippen molar-refractivity contribution in [2.45, 2.75) is 45.7 Å². The molecule has 0 aromatic rings. The summed E-state index contributed by atoms with van der Waals surface area (Å²) in [4.78, 5) is 2.58. The summed E-state index contributed by atoms with van der Waals surface area (Å²) in [6.07, 6.45) is 2.51. The van der Waals surface area contributed by atoms with E-state index in [1.54, 1.807) is 7.11 Å². The van der Waals surface area contributed by atoms with Crippen LogP contribution in [0.4, 0.5) is 0 Å². The van der Waals surface area contributed by atoms with Gasteiger partial charge in [0.2, 0.25) is 0 Å². The van der Waals surface area contributed by atoms with Crippen LogP contribution in [0.15, 0.2) is 0 Å². The van der Waals surface area contributed by atoms with Crippen molar-refractivity contribution in [1.82, 2.24) is 10.2 Å². The van der Waals surface area contributed by atoms with Crippen LogP contribution < -0.4 is 5.32 Å². The molecule has 3 heteroatoms. The molecule has 0 aliphatic carbocycles. The zero-order valence-electron chi connectivity index (χ0n) is 11.3. The Bertz CT molecular complexity index is 185. The molecule has 0 bridgehead atoms. The monoisotopic (exact) mass is 228 g/mol. The minimum absolute atomic E-state index is 0.582. The maximum Gasteiger partial charge on any atom is 0.0620 e. The zero-order chi connectivity index (χ0) is 12.0. The van der Waals surface area contributed by atoms with Gasteiger partial charge in [-0.3, -0.25) is 4.90 Å². The quantitative estimate of drug-likeness (QED) is 0.718. The van der Waals surface area contributed by atoms with Gasteiger partial charge in [-0.1, -0.05) is 20.8 Å². The normalized spacial score (nSPS) is 24.2. The molecule has 0 saturated carbocycles. The Kier molecular flexibility index (Phi) is 6.32. The molecule has 1 aliphatic heterocycles. The molecule has 1 N–H and O–H groups in total. The van der Waals surface area contributed by atoms with Crippen molar-refractivity contribution in [3.05, 3.63) is 0 Å². The second kappa shape index (κ2) is 7.25. The van der Waals surface area contributed by atoms with Crippen LogP contribution in [0, 0.1) is 5.92 Å². The topological polar surface area (TPSA) is 24.5 Å². The summed E-state index contributed by atoms with van der Waals surface area (Å²) >= 11 is 0. The van der Waals surface area contributed by atoms with E-state index >= 15 is 0 Å². The Morgan fingerprint density at radius 3 is 2.75 bits per heavy atom. The van der Waals surface area contributed by atoms with Gasteiger partial charge in [-0.2, -0.15) is 0 Å². The summed E-state index contributed by atoms with van der Waals surface area (Å²) in [5, 5.41) is 3.61. The average Bonchev–Trinajstić information content (AvgIpc) is 2.70. The third kappa shape index (κ3) is 4.04. The van der Waals surface area contributed by atoms with E-state index in [4.69, 9.17) is 4.74 Å². The standard InChI is InChI=1S/C13H28N2O/c1-5-7-14-12-6-8-15(9-12)13(10-16-4)11(2)3/h11-14H,5-10H2,1-4H3. The first-order valence-corrected chi connectivity index (χ1v) is 6.65. The van der Waals surface area contributed by atoms with E-state index < -0.39 is 0 Å². The summed E-state index contributed by atoms with van der Waals surface area (Å²) in [6.45, 7) is 11.2. The van der Waals surface area contributed by atoms with Crippen LogP contribution in [0.25, 0.3) is 0 Å². The molecule has 1 rings (SSSR count). The van der Waals surface area contributed by atoms with Gasteiger partial charge in [0.15, 0.2) is 0 Å². The number of nitrogens with one attached hydrogen (secondary N) is 1. The molecule has 1 saturated heterocycles. The van der Waals surface area contributed by atoms with Crippen molar-refractivity contribution >= 4 is 0 Å². The van der Waals surface area contributed by atoms with Crippen LogP contribution in [0.2, 0.25) is 0 Å². The Hall–Kier alpha value is -0.120. The van der Waals surface area contributed by atoms with E-state index in [0.29, 0.717) is 18.0 Å². The van der Waals surface area contributed by atoms with E-state index in [0.717, 1.165) is 13.2 Å². The third-order valence-corrected chi connectivity index (χ3v) is 3.48. The highest BCUT2D eigenvalue weighted by atomic mass is 16.5. The second-order valence-electron chi connectivity index (χ2n) is 5.20. The van der Waals surface area contributed by atoms with Crippen molar-refractivity contribution in [3.8, 4) is 0 Å². The van der Waals surface area contributed by atoms with Crippen LogP contribution in [-0.4, -0.2) is 50.3 Å². The smallest absolute Gasteiger partial charge is 0.0620 e. The van der Waals surface area contributed by atoms with Crippen molar-refractivity contribution in [2.24, 2.45) is 5.92 Å². The summed E-state index contributed by atoms with van der Waals surface area (Å²) in [6, 6.07) is 1.27. The van der Waals surface area contributed by atoms with Gasteiger partial charge >= 0.3 is 0 Å². The summed E-state index contributed by atoms with van der Waals surface area (Å²) in [5.74, 6) is 0.671. The van der Waals surface area contributed by atoms with Gasteiger partial charge in [0.05, 0.1) is 6.61 Å². The number of methoxy groups -OCH3 is 1. The fourth-order valence-electron chi connectivity index (χ4n) is 2.49. The van der Waals surface area contributed by atoms with Crippen LogP contribution >= 0.6 is 0 Å². The van der Waals surface area contributed by atoms with E-state index in [-0.39, 0.29) is 0 Å². The molecule has 16 heavy (non-hydrogen) atoms.